The minimum atomic E-state index is -0.361. The van der Waals surface area contributed by atoms with Crippen LogP contribution in [0, 0.1) is 5.82 Å². The Morgan fingerprint density at radius 2 is 2.00 bits per heavy atom. The summed E-state index contributed by atoms with van der Waals surface area (Å²) in [6, 6.07) is 13.0. The Labute approximate surface area is 128 Å². The van der Waals surface area contributed by atoms with Crippen molar-refractivity contribution >= 4 is 17.4 Å². The van der Waals surface area contributed by atoms with E-state index in [1.54, 1.807) is 0 Å². The fourth-order valence-corrected chi connectivity index (χ4v) is 2.27. The zero-order chi connectivity index (χ0) is 15.4. The van der Waals surface area contributed by atoms with Crippen molar-refractivity contribution < 1.29 is 9.18 Å². The fourth-order valence-electron chi connectivity index (χ4n) is 2.27. The standard InChI is InChI=1S/C17H16FN3O/c18-14-7-5-12(6-8-14)17(22)21-15-4-1-3-13(11-15)16-19-9-2-10-20-16/h1,3-8,11H,2,9-10H2,(H,19,20)(H,21,22). The van der Waals surface area contributed by atoms with E-state index in [9.17, 15) is 9.18 Å². The first kappa shape index (κ1) is 14.3. The van der Waals surface area contributed by atoms with Crippen molar-refractivity contribution in [2.45, 2.75) is 6.42 Å². The summed E-state index contributed by atoms with van der Waals surface area (Å²) in [6.07, 6.45) is 1.03. The van der Waals surface area contributed by atoms with Gasteiger partial charge in [0.25, 0.3) is 5.91 Å². The van der Waals surface area contributed by atoms with Crippen LogP contribution in [0.15, 0.2) is 53.5 Å². The molecule has 0 saturated heterocycles. The number of nitrogens with one attached hydrogen (secondary N) is 2. The number of rotatable bonds is 3. The van der Waals surface area contributed by atoms with E-state index in [1.807, 2.05) is 24.3 Å². The molecule has 1 aliphatic rings. The molecule has 0 radical (unpaired) electrons. The summed E-state index contributed by atoms with van der Waals surface area (Å²) < 4.78 is 12.9. The van der Waals surface area contributed by atoms with Crippen molar-refractivity contribution in [1.82, 2.24) is 5.32 Å². The number of anilines is 1. The third kappa shape index (κ3) is 3.31. The molecule has 0 spiro atoms. The van der Waals surface area contributed by atoms with Crippen LogP contribution >= 0.6 is 0 Å². The second-order valence-corrected chi connectivity index (χ2v) is 5.05. The SMILES string of the molecule is O=C(Nc1cccc(C2=NCCCN2)c1)c1ccc(F)cc1. The number of nitrogens with zero attached hydrogens (tertiary/aromatic N) is 1. The zero-order valence-electron chi connectivity index (χ0n) is 12.0. The minimum absolute atomic E-state index is 0.268. The van der Waals surface area contributed by atoms with E-state index in [1.165, 1.54) is 24.3 Å². The second-order valence-electron chi connectivity index (χ2n) is 5.05. The molecular weight excluding hydrogens is 281 g/mol. The molecule has 22 heavy (non-hydrogen) atoms. The van der Waals surface area contributed by atoms with E-state index < -0.39 is 0 Å². The van der Waals surface area contributed by atoms with Gasteiger partial charge in [-0.2, -0.15) is 0 Å². The molecule has 1 heterocycles. The summed E-state index contributed by atoms with van der Waals surface area (Å²) in [5, 5.41) is 6.06. The van der Waals surface area contributed by atoms with Gasteiger partial charge in [0.15, 0.2) is 0 Å². The van der Waals surface area contributed by atoms with Crippen LogP contribution in [0.2, 0.25) is 0 Å². The quantitative estimate of drug-likeness (QED) is 0.915. The molecular formula is C17H16FN3O. The van der Waals surface area contributed by atoms with Crippen LogP contribution in [0.1, 0.15) is 22.3 Å². The van der Waals surface area contributed by atoms with Gasteiger partial charge in [0.1, 0.15) is 11.7 Å². The molecule has 0 bridgehead atoms. The van der Waals surface area contributed by atoms with E-state index in [2.05, 4.69) is 15.6 Å². The van der Waals surface area contributed by atoms with Gasteiger partial charge >= 0.3 is 0 Å². The average molecular weight is 297 g/mol. The molecule has 1 aliphatic heterocycles. The monoisotopic (exact) mass is 297 g/mol. The number of halogens is 1. The predicted molar refractivity (Wildman–Crippen MR) is 84.8 cm³/mol. The van der Waals surface area contributed by atoms with Crippen LogP contribution in [0.4, 0.5) is 10.1 Å². The summed E-state index contributed by atoms with van der Waals surface area (Å²) in [5.41, 5.74) is 2.04. The Morgan fingerprint density at radius 3 is 2.73 bits per heavy atom. The maximum Gasteiger partial charge on any atom is 0.255 e. The number of aliphatic imine (C=N–C) groups is 1. The van der Waals surface area contributed by atoms with Gasteiger partial charge < -0.3 is 10.6 Å². The molecule has 2 aromatic carbocycles. The zero-order valence-corrected chi connectivity index (χ0v) is 12.0. The number of carbonyl (C=O) groups excluding carboxylic acids is 1. The smallest absolute Gasteiger partial charge is 0.255 e. The molecule has 0 aliphatic carbocycles. The summed E-state index contributed by atoms with van der Waals surface area (Å²) in [4.78, 5) is 16.6. The van der Waals surface area contributed by atoms with Crippen molar-refractivity contribution in [2.24, 2.45) is 4.99 Å². The highest BCUT2D eigenvalue weighted by Gasteiger charge is 2.10. The maximum atomic E-state index is 12.9. The summed E-state index contributed by atoms with van der Waals surface area (Å²) in [5.74, 6) is 0.222. The molecule has 112 valence electrons. The lowest BCUT2D eigenvalue weighted by Crippen LogP contribution is -2.30. The lowest BCUT2D eigenvalue weighted by atomic mass is 10.1. The maximum absolute atomic E-state index is 12.9. The van der Waals surface area contributed by atoms with E-state index in [0.29, 0.717) is 11.3 Å². The third-order valence-electron chi connectivity index (χ3n) is 3.40. The molecule has 0 unspecified atom stereocenters. The highest BCUT2D eigenvalue weighted by molar-refractivity contribution is 6.05. The summed E-state index contributed by atoms with van der Waals surface area (Å²) >= 11 is 0. The molecule has 4 nitrogen and oxygen atoms in total. The van der Waals surface area contributed by atoms with Crippen molar-refractivity contribution in [2.75, 3.05) is 18.4 Å². The molecule has 2 N–H and O–H groups in total. The van der Waals surface area contributed by atoms with Gasteiger partial charge in [0.2, 0.25) is 0 Å². The van der Waals surface area contributed by atoms with Gasteiger partial charge in [-0.25, -0.2) is 4.39 Å². The van der Waals surface area contributed by atoms with Crippen molar-refractivity contribution in [3.05, 3.63) is 65.5 Å². The van der Waals surface area contributed by atoms with E-state index >= 15 is 0 Å². The number of hydrogen-bond acceptors (Lipinski definition) is 3. The normalized spacial score (nSPS) is 14.0. The van der Waals surface area contributed by atoms with Crippen LogP contribution in [0.3, 0.4) is 0 Å². The number of amides is 1. The van der Waals surface area contributed by atoms with Gasteiger partial charge in [0.05, 0.1) is 0 Å². The van der Waals surface area contributed by atoms with Gasteiger partial charge in [-0.3, -0.25) is 9.79 Å². The largest absolute Gasteiger partial charge is 0.370 e. The molecule has 1 amide bonds. The first-order valence-corrected chi connectivity index (χ1v) is 7.18. The molecule has 0 aromatic heterocycles. The number of amidine groups is 1. The Morgan fingerprint density at radius 1 is 1.18 bits per heavy atom. The lowest BCUT2D eigenvalue weighted by molar-refractivity contribution is 0.102. The summed E-state index contributed by atoms with van der Waals surface area (Å²) in [6.45, 7) is 1.72. The molecule has 2 aromatic rings. The van der Waals surface area contributed by atoms with E-state index in [0.717, 1.165) is 30.9 Å². The number of benzene rings is 2. The Kier molecular flexibility index (Phi) is 4.14. The average Bonchev–Trinajstić information content (AvgIpc) is 2.56. The Hall–Kier alpha value is -2.69. The number of hydrogen-bond donors (Lipinski definition) is 2. The molecule has 3 rings (SSSR count). The predicted octanol–water partition coefficient (Wildman–Crippen LogP) is 2.82. The van der Waals surface area contributed by atoms with Crippen LogP contribution in [-0.4, -0.2) is 24.8 Å². The summed E-state index contributed by atoms with van der Waals surface area (Å²) in [7, 11) is 0. The van der Waals surface area contributed by atoms with Gasteiger partial charge in [0, 0.05) is 29.9 Å². The molecule has 0 saturated carbocycles. The van der Waals surface area contributed by atoms with E-state index in [-0.39, 0.29) is 11.7 Å². The first-order valence-electron chi connectivity index (χ1n) is 7.18. The molecule has 0 fully saturated rings. The highest BCUT2D eigenvalue weighted by Crippen LogP contribution is 2.14. The van der Waals surface area contributed by atoms with Gasteiger partial charge in [-0.1, -0.05) is 12.1 Å². The second kappa shape index (κ2) is 6.39. The fraction of sp³-hybridized carbons (Fsp3) is 0.176. The molecule has 0 atom stereocenters. The number of carbonyl (C=O) groups is 1. The van der Waals surface area contributed by atoms with Crippen molar-refractivity contribution in [3.8, 4) is 0 Å². The third-order valence-corrected chi connectivity index (χ3v) is 3.40. The van der Waals surface area contributed by atoms with Crippen molar-refractivity contribution in [3.63, 3.8) is 0 Å². The van der Waals surface area contributed by atoms with Gasteiger partial charge in [-0.15, -0.1) is 0 Å². The van der Waals surface area contributed by atoms with Crippen molar-refractivity contribution in [1.29, 1.82) is 0 Å². The Balaban J connectivity index is 1.76. The topological polar surface area (TPSA) is 53.5 Å². The van der Waals surface area contributed by atoms with Gasteiger partial charge in [-0.05, 0) is 42.8 Å². The van der Waals surface area contributed by atoms with Crippen LogP contribution in [0.25, 0.3) is 0 Å². The lowest BCUT2D eigenvalue weighted by Gasteiger charge is -2.15. The highest BCUT2D eigenvalue weighted by atomic mass is 19.1. The molecule has 5 heteroatoms. The van der Waals surface area contributed by atoms with Crippen LogP contribution in [-0.2, 0) is 0 Å². The Bertz CT molecular complexity index is 710. The van der Waals surface area contributed by atoms with Crippen LogP contribution < -0.4 is 10.6 Å². The first-order chi connectivity index (χ1) is 10.7. The van der Waals surface area contributed by atoms with Crippen LogP contribution in [0.5, 0.6) is 0 Å². The van der Waals surface area contributed by atoms with E-state index in [4.69, 9.17) is 0 Å². The minimum Gasteiger partial charge on any atom is -0.370 e.